The van der Waals surface area contributed by atoms with Crippen LogP contribution in [0, 0.1) is 6.42 Å². The second kappa shape index (κ2) is 4.69. The van der Waals surface area contributed by atoms with Crippen LogP contribution < -0.4 is 68.9 Å². The summed E-state index contributed by atoms with van der Waals surface area (Å²) in [5.74, 6) is 0. The summed E-state index contributed by atoms with van der Waals surface area (Å²) in [6.07, 6.45) is 10.0. The average Bonchev–Trinajstić information content (AvgIpc) is 1.76. The molecular formula is C5H5Cs+. The van der Waals surface area contributed by atoms with Crippen LogP contribution in [0.15, 0.2) is 24.3 Å². The molecule has 0 atom stereocenters. The second-order valence-electron chi connectivity index (χ2n) is 0.962. The molecule has 0 nitrogen and oxygen atoms in total. The first-order valence-corrected chi connectivity index (χ1v) is 1.67. The quantitative estimate of drug-likeness (QED) is 0.436. The zero-order chi connectivity index (χ0) is 3.54. The van der Waals surface area contributed by atoms with E-state index in [0.29, 0.717) is 0 Å². The Kier molecular flexibility index (Phi) is 5.88. The van der Waals surface area contributed by atoms with Gasteiger partial charge in [-0.3, -0.25) is 0 Å². The van der Waals surface area contributed by atoms with Crippen LogP contribution in [-0.2, 0) is 0 Å². The Hall–Kier alpha value is 1.53. The Bertz CT molecular complexity index is 62.0. The monoisotopic (exact) mass is 198 g/mol. The second-order valence-corrected chi connectivity index (χ2v) is 0.962. The van der Waals surface area contributed by atoms with E-state index in [1.54, 1.807) is 0 Å². The van der Waals surface area contributed by atoms with E-state index in [9.17, 15) is 0 Å². The molecule has 1 rings (SSSR count). The van der Waals surface area contributed by atoms with Crippen molar-refractivity contribution in [1.29, 1.82) is 0 Å². The van der Waals surface area contributed by atoms with Crippen molar-refractivity contribution in [3.63, 3.8) is 0 Å². The molecule has 1 aliphatic carbocycles. The predicted molar refractivity (Wildman–Crippen MR) is 22.6 cm³/mol. The summed E-state index contributed by atoms with van der Waals surface area (Å²) in [6.45, 7) is 0. The Morgan fingerprint density at radius 2 is 1.17 bits per heavy atom. The molecule has 0 unspecified atom stereocenters. The topological polar surface area (TPSA) is 0 Å². The molecule has 0 saturated heterocycles. The van der Waals surface area contributed by atoms with Gasteiger partial charge < -0.3 is 0 Å². The van der Waals surface area contributed by atoms with Crippen molar-refractivity contribution >= 4 is 0 Å². The van der Waals surface area contributed by atoms with Gasteiger partial charge in [0.2, 0.25) is 0 Å². The SMILES string of the molecule is [CH]1C=CC=C1.[Cs+]. The summed E-state index contributed by atoms with van der Waals surface area (Å²) in [5, 5.41) is 0. The number of hydrogen-bond acceptors (Lipinski definition) is 0. The molecule has 0 aliphatic heterocycles. The normalized spacial score (nSPS) is 14.7. The van der Waals surface area contributed by atoms with Crippen molar-refractivity contribution in [2.24, 2.45) is 0 Å². The van der Waals surface area contributed by atoms with Gasteiger partial charge in [0.15, 0.2) is 0 Å². The van der Waals surface area contributed by atoms with Crippen molar-refractivity contribution in [1.82, 2.24) is 0 Å². The maximum Gasteiger partial charge on any atom is 1.00 e. The predicted octanol–water partition coefficient (Wildman–Crippen LogP) is -1.68. The number of rotatable bonds is 0. The third kappa shape index (κ3) is 2.66. The summed E-state index contributed by atoms with van der Waals surface area (Å²) in [4.78, 5) is 0. The molecule has 1 heteroatoms. The number of allylic oxidation sites excluding steroid dienone is 4. The van der Waals surface area contributed by atoms with E-state index in [4.69, 9.17) is 0 Å². The Balaban J connectivity index is 0.000000250. The molecule has 0 aromatic heterocycles. The summed E-state index contributed by atoms with van der Waals surface area (Å²) in [7, 11) is 0. The summed E-state index contributed by atoms with van der Waals surface area (Å²) in [5.41, 5.74) is 0. The molecule has 6 heavy (non-hydrogen) atoms. The van der Waals surface area contributed by atoms with Gasteiger partial charge in [-0.05, 0) is 0 Å². The molecule has 0 aromatic rings. The van der Waals surface area contributed by atoms with E-state index in [2.05, 4.69) is 0 Å². The molecule has 25 valence electrons. The van der Waals surface area contributed by atoms with E-state index in [-0.39, 0.29) is 68.9 Å². The van der Waals surface area contributed by atoms with E-state index >= 15 is 0 Å². The van der Waals surface area contributed by atoms with Crippen molar-refractivity contribution < 1.29 is 68.9 Å². The van der Waals surface area contributed by atoms with Crippen molar-refractivity contribution in [3.8, 4) is 0 Å². The van der Waals surface area contributed by atoms with E-state index in [1.165, 1.54) is 0 Å². The molecule has 0 fully saturated rings. The van der Waals surface area contributed by atoms with Crippen LogP contribution in [-0.4, -0.2) is 0 Å². The first kappa shape index (κ1) is 7.53. The Morgan fingerprint density at radius 3 is 1.33 bits per heavy atom. The standard InChI is InChI=1S/C5H5.Cs/c1-2-4-5-3-1;/h1-5H;/q;+1. The molecule has 0 saturated carbocycles. The fourth-order valence-electron chi connectivity index (χ4n) is 0.321. The van der Waals surface area contributed by atoms with Crippen LogP contribution in [0.5, 0.6) is 0 Å². The van der Waals surface area contributed by atoms with Crippen LogP contribution in [0.2, 0.25) is 0 Å². The van der Waals surface area contributed by atoms with E-state index in [0.717, 1.165) is 0 Å². The molecule has 0 spiro atoms. The molecule has 0 amide bonds. The Morgan fingerprint density at radius 1 is 0.667 bits per heavy atom. The van der Waals surface area contributed by atoms with Gasteiger partial charge in [0.05, 0.1) is 0 Å². The molecule has 0 aromatic carbocycles. The van der Waals surface area contributed by atoms with Gasteiger partial charge >= 0.3 is 68.9 Å². The minimum atomic E-state index is 0. The van der Waals surface area contributed by atoms with Crippen molar-refractivity contribution in [2.45, 2.75) is 0 Å². The minimum absolute atomic E-state index is 0. The van der Waals surface area contributed by atoms with Gasteiger partial charge in [0.25, 0.3) is 0 Å². The Labute approximate surface area is 97.1 Å². The van der Waals surface area contributed by atoms with Crippen LogP contribution in [0.4, 0.5) is 0 Å². The molecule has 0 heterocycles. The smallest absolute Gasteiger partial charge is 0.0767 e. The van der Waals surface area contributed by atoms with Gasteiger partial charge in [0, 0.05) is 6.42 Å². The van der Waals surface area contributed by atoms with Crippen molar-refractivity contribution in [2.75, 3.05) is 0 Å². The van der Waals surface area contributed by atoms with Crippen LogP contribution >= 0.6 is 0 Å². The van der Waals surface area contributed by atoms with E-state index < -0.39 is 0 Å². The summed E-state index contributed by atoms with van der Waals surface area (Å²) >= 11 is 0. The minimum Gasteiger partial charge on any atom is -0.0767 e. The van der Waals surface area contributed by atoms with Gasteiger partial charge in [-0.25, -0.2) is 0 Å². The van der Waals surface area contributed by atoms with Crippen LogP contribution in [0.1, 0.15) is 0 Å². The average molecular weight is 198 g/mol. The van der Waals surface area contributed by atoms with Gasteiger partial charge in [-0.15, -0.1) is 0 Å². The largest absolute Gasteiger partial charge is 1.00 e. The maximum absolute atomic E-state index is 2.00. The third-order valence-electron chi connectivity index (χ3n) is 0.556. The molecule has 0 bridgehead atoms. The fraction of sp³-hybridized carbons (Fsp3) is 0. The van der Waals surface area contributed by atoms with E-state index in [1.807, 2.05) is 30.7 Å². The number of hydrogen-bond donors (Lipinski definition) is 0. The van der Waals surface area contributed by atoms with Crippen LogP contribution in [0.3, 0.4) is 0 Å². The van der Waals surface area contributed by atoms with Gasteiger partial charge in [0.1, 0.15) is 0 Å². The zero-order valence-corrected chi connectivity index (χ0v) is 10.2. The fourth-order valence-corrected chi connectivity index (χ4v) is 0.321. The molecular weight excluding hydrogens is 193 g/mol. The van der Waals surface area contributed by atoms with Gasteiger partial charge in [-0.1, -0.05) is 24.3 Å². The van der Waals surface area contributed by atoms with Crippen LogP contribution in [0.25, 0.3) is 0 Å². The van der Waals surface area contributed by atoms with Crippen molar-refractivity contribution in [3.05, 3.63) is 30.7 Å². The maximum atomic E-state index is 2.00. The molecule has 1 aliphatic rings. The van der Waals surface area contributed by atoms with Gasteiger partial charge in [-0.2, -0.15) is 0 Å². The third-order valence-corrected chi connectivity index (χ3v) is 0.556. The molecule has 1 radical (unpaired) electrons. The molecule has 0 N–H and O–H groups in total. The zero-order valence-electron chi connectivity index (χ0n) is 3.89. The first-order chi connectivity index (χ1) is 2.50. The summed E-state index contributed by atoms with van der Waals surface area (Å²) < 4.78 is 0. The first-order valence-electron chi connectivity index (χ1n) is 1.67. The summed E-state index contributed by atoms with van der Waals surface area (Å²) in [6, 6.07) is 0.